The number of carbonyl (C=O) groups is 5. The highest BCUT2D eigenvalue weighted by molar-refractivity contribution is 7.91. The van der Waals surface area contributed by atoms with Gasteiger partial charge in [-0.05, 0) is 74.1 Å². The second-order valence-electron chi connectivity index (χ2n) is 14.5. The van der Waals surface area contributed by atoms with Gasteiger partial charge in [0.15, 0.2) is 0 Å². The van der Waals surface area contributed by atoms with Gasteiger partial charge in [-0.25, -0.2) is 18.2 Å². The van der Waals surface area contributed by atoms with Gasteiger partial charge < -0.3 is 29.9 Å². The Bertz CT molecular complexity index is 2030. The number of pyridine rings is 1. The fourth-order valence-corrected chi connectivity index (χ4v) is 8.68. The number of rotatable bonds is 4. The monoisotopic (exact) mass is 760 g/mol. The zero-order valence-corrected chi connectivity index (χ0v) is 30.6. The van der Waals surface area contributed by atoms with Gasteiger partial charge in [0.2, 0.25) is 33.6 Å². The van der Waals surface area contributed by atoms with Crippen molar-refractivity contribution in [2.24, 2.45) is 5.92 Å². The minimum absolute atomic E-state index is 0.0136. The third-order valence-electron chi connectivity index (χ3n) is 10.5. The number of benzene rings is 1. The van der Waals surface area contributed by atoms with Crippen LogP contribution < -0.4 is 20.1 Å². The van der Waals surface area contributed by atoms with E-state index in [0.717, 1.165) is 22.4 Å². The Morgan fingerprint density at radius 2 is 1.89 bits per heavy atom. The normalized spacial score (nSPS) is 28.0. The van der Waals surface area contributed by atoms with Crippen LogP contribution in [0.15, 0.2) is 61.3 Å². The van der Waals surface area contributed by atoms with E-state index in [0.29, 0.717) is 44.4 Å². The Morgan fingerprint density at radius 1 is 1.07 bits per heavy atom. The highest BCUT2D eigenvalue weighted by Gasteiger charge is 2.62. The Morgan fingerprint density at radius 3 is 2.69 bits per heavy atom. The molecule has 1 aromatic carbocycles. The lowest BCUT2D eigenvalue weighted by Gasteiger charge is -2.32. The fraction of sp³-hybridized carbons (Fsp3) is 0.474. The molecule has 5 bridgehead atoms. The van der Waals surface area contributed by atoms with Crippen molar-refractivity contribution in [3.63, 3.8) is 0 Å². The van der Waals surface area contributed by atoms with Crippen molar-refractivity contribution in [1.82, 2.24) is 30.1 Å². The van der Waals surface area contributed by atoms with E-state index in [1.807, 2.05) is 42.5 Å². The van der Waals surface area contributed by atoms with E-state index in [1.54, 1.807) is 12.3 Å². The summed E-state index contributed by atoms with van der Waals surface area (Å²) < 4.78 is 39.8. The van der Waals surface area contributed by atoms with Crippen molar-refractivity contribution >= 4 is 56.6 Å². The molecule has 3 aliphatic heterocycles. The molecule has 16 heteroatoms. The molecular weight excluding hydrogens is 717 g/mol. The number of aromatic nitrogens is 1. The maximum atomic E-state index is 14.6. The predicted octanol–water partition coefficient (Wildman–Crippen LogP) is 2.33. The Labute approximate surface area is 313 Å². The zero-order valence-electron chi connectivity index (χ0n) is 29.8. The molecule has 5 atom stereocenters. The van der Waals surface area contributed by atoms with E-state index in [4.69, 9.17) is 9.47 Å². The second-order valence-corrected chi connectivity index (χ2v) is 16.4. The maximum absolute atomic E-state index is 14.6. The number of ether oxygens (including phenoxy) is 2. The van der Waals surface area contributed by atoms with Gasteiger partial charge in [0.05, 0.1) is 24.9 Å². The lowest BCUT2D eigenvalue weighted by Crippen LogP contribution is -2.60. The van der Waals surface area contributed by atoms with Crippen molar-refractivity contribution in [2.45, 2.75) is 80.3 Å². The van der Waals surface area contributed by atoms with Crippen molar-refractivity contribution < 1.29 is 41.9 Å². The molecule has 15 nitrogen and oxygen atoms in total. The summed E-state index contributed by atoms with van der Waals surface area (Å²) >= 11 is 0. The van der Waals surface area contributed by atoms with Crippen LogP contribution in [0.2, 0.25) is 0 Å². The van der Waals surface area contributed by atoms with Gasteiger partial charge in [-0.1, -0.05) is 43.0 Å². The van der Waals surface area contributed by atoms with E-state index in [9.17, 15) is 32.4 Å². The molecule has 54 heavy (non-hydrogen) atoms. The van der Waals surface area contributed by atoms with E-state index >= 15 is 0 Å². The van der Waals surface area contributed by atoms with Gasteiger partial charge in [0.1, 0.15) is 23.7 Å². The second kappa shape index (κ2) is 15.2. The number of carbonyl (C=O) groups excluding carboxylic acids is 5. The molecule has 5 amide bonds. The fourth-order valence-electron chi connectivity index (χ4n) is 7.31. The highest BCUT2D eigenvalue weighted by atomic mass is 32.2. The van der Waals surface area contributed by atoms with Gasteiger partial charge in [0.25, 0.3) is 5.91 Å². The highest BCUT2D eigenvalue weighted by Crippen LogP contribution is 2.46. The molecule has 4 heterocycles. The summed E-state index contributed by atoms with van der Waals surface area (Å²) in [6, 6.07) is 5.16. The summed E-state index contributed by atoms with van der Waals surface area (Å²) in [5, 5.41) is 6.42. The third-order valence-corrected chi connectivity index (χ3v) is 12.4. The quantitative estimate of drug-likeness (QED) is 0.308. The van der Waals surface area contributed by atoms with Crippen LogP contribution in [0.3, 0.4) is 0 Å². The molecule has 5 aliphatic rings. The molecule has 286 valence electrons. The van der Waals surface area contributed by atoms with Crippen LogP contribution >= 0.6 is 0 Å². The molecular formula is C38H44N6O9S. The number of hydrogen-bond acceptors (Lipinski definition) is 10. The molecule has 0 radical (unpaired) electrons. The molecule has 3 fully saturated rings. The number of sulfonamides is 1. The smallest absolute Gasteiger partial charge is 0.407 e. The Balaban J connectivity index is 1.27. The molecule has 0 spiro atoms. The number of hydrogen-bond donors (Lipinski definition) is 3. The molecule has 2 aliphatic carbocycles. The van der Waals surface area contributed by atoms with Crippen LogP contribution in [0.1, 0.15) is 56.9 Å². The van der Waals surface area contributed by atoms with Crippen LogP contribution in [0.25, 0.3) is 16.8 Å². The average molecular weight is 761 g/mol. The molecule has 2 saturated carbocycles. The van der Waals surface area contributed by atoms with Crippen molar-refractivity contribution in [1.29, 1.82) is 0 Å². The number of cyclic esters (lactones) is 1. The van der Waals surface area contributed by atoms with E-state index in [2.05, 4.69) is 26.9 Å². The van der Waals surface area contributed by atoms with Crippen LogP contribution in [0.4, 0.5) is 4.79 Å². The van der Waals surface area contributed by atoms with Gasteiger partial charge in [-0.15, -0.1) is 0 Å². The Kier molecular flexibility index (Phi) is 10.5. The maximum Gasteiger partial charge on any atom is 0.407 e. The summed E-state index contributed by atoms with van der Waals surface area (Å²) in [6.45, 7) is 3.55. The zero-order chi connectivity index (χ0) is 38.0. The van der Waals surface area contributed by atoms with Crippen LogP contribution in [0, 0.1) is 5.92 Å². The molecule has 1 saturated heterocycles. The summed E-state index contributed by atoms with van der Waals surface area (Å²) in [5.41, 5.74) is -0.668. The first-order valence-electron chi connectivity index (χ1n) is 18.4. The third kappa shape index (κ3) is 7.98. The first-order valence-corrected chi connectivity index (χ1v) is 19.9. The van der Waals surface area contributed by atoms with Gasteiger partial charge in [-0.2, -0.15) is 0 Å². The van der Waals surface area contributed by atoms with Crippen LogP contribution in [-0.2, 0) is 33.9 Å². The topological polar surface area (TPSA) is 193 Å². The molecule has 1 aromatic heterocycles. The number of fused-ring (bicyclic) bond motifs is 4. The van der Waals surface area contributed by atoms with Crippen LogP contribution in [-0.4, -0.2) is 108 Å². The molecule has 5 unspecified atom stereocenters. The first kappa shape index (κ1) is 37.1. The summed E-state index contributed by atoms with van der Waals surface area (Å²) in [7, 11) is -3.93. The number of allylic oxidation sites excluding steroid dienone is 2. The number of alkyl carbamates (subject to hydrolysis) is 1. The minimum Gasteiger partial charge on any atom is -0.472 e. The minimum atomic E-state index is -3.93. The van der Waals surface area contributed by atoms with Gasteiger partial charge in [0, 0.05) is 30.5 Å². The number of nitrogens with one attached hydrogen (secondary N) is 3. The van der Waals surface area contributed by atoms with E-state index in [-0.39, 0.29) is 39.1 Å². The molecule has 3 N–H and O–H groups in total. The number of nitrogens with zero attached hydrogens (tertiary/aromatic N) is 3. The summed E-state index contributed by atoms with van der Waals surface area (Å²) in [4.78, 5) is 76.2. The largest absolute Gasteiger partial charge is 0.472 e. The lowest BCUT2D eigenvalue weighted by molar-refractivity contribution is -0.142. The Hall–Kier alpha value is -5.25. The van der Waals surface area contributed by atoms with E-state index in [1.165, 1.54) is 9.80 Å². The molecule has 7 rings (SSSR count). The van der Waals surface area contributed by atoms with E-state index < -0.39 is 74.6 Å². The van der Waals surface area contributed by atoms with Gasteiger partial charge >= 0.3 is 6.09 Å². The molecule has 2 aromatic rings. The standard InChI is InChI=1S/C38H44N6O9S/c1-2-32(45)43-17-7-3-6-10-26-21-38(26,36(48)42-54(50,51)28-13-14-28)41-33(46)31-20-27-22-44(31)35(47)30(23-43)40-37(49)52-18-8-4-5-9-24-11-12-25-15-16-39-34(53-27)29(25)19-24/h2,5-6,9-12,15-16,19,26-28,30-31H,1,3-4,7-8,13-14,17-18,20-23H2,(H,40,49)(H,41,46)(H,42,48). The number of amides is 5. The SMILES string of the molecule is C=CC(=O)N1CCCC=CC2CC2(C(=O)NS(=O)(=O)C2CC2)NC(=O)C2CC3CN2C(=O)C(C1)NC(=O)OCCCC=Cc1ccc2ccnc(c2c1)O3. The van der Waals surface area contributed by atoms with Crippen LogP contribution in [0.5, 0.6) is 5.88 Å². The first-order chi connectivity index (χ1) is 26.0. The average Bonchev–Trinajstić information content (AvgIpc) is 4.08. The lowest BCUT2D eigenvalue weighted by atomic mass is 10.1. The van der Waals surface area contributed by atoms with Crippen molar-refractivity contribution in [2.75, 3.05) is 26.2 Å². The predicted molar refractivity (Wildman–Crippen MR) is 197 cm³/mol. The van der Waals surface area contributed by atoms with Gasteiger partial charge in [-0.3, -0.25) is 23.9 Å². The summed E-state index contributed by atoms with van der Waals surface area (Å²) in [6.07, 6.45) is 11.7. The van der Waals surface area contributed by atoms with Crippen molar-refractivity contribution in [3.8, 4) is 5.88 Å². The summed E-state index contributed by atoms with van der Waals surface area (Å²) in [5.74, 6) is -2.86. The van der Waals surface area contributed by atoms with Crippen molar-refractivity contribution in [3.05, 3.63) is 66.9 Å².